The van der Waals surface area contributed by atoms with Crippen molar-refractivity contribution in [2.24, 2.45) is 0 Å². The Bertz CT molecular complexity index is 400. The third kappa shape index (κ3) is 1.79. The van der Waals surface area contributed by atoms with Gasteiger partial charge in [0.25, 0.3) is 0 Å². The molecule has 0 N–H and O–H groups in total. The van der Waals surface area contributed by atoms with Crippen LogP contribution in [0.2, 0.25) is 0 Å². The molecule has 0 saturated heterocycles. The van der Waals surface area contributed by atoms with Crippen LogP contribution in [-0.4, -0.2) is 19.7 Å². The molecule has 0 amide bonds. The highest BCUT2D eigenvalue weighted by Crippen LogP contribution is 2.11. The summed E-state index contributed by atoms with van der Waals surface area (Å²) in [5.74, 6) is -0.803. The zero-order valence-corrected chi connectivity index (χ0v) is 7.52. The van der Waals surface area contributed by atoms with Crippen molar-refractivity contribution in [3.63, 3.8) is 0 Å². The molecule has 1 heterocycles. The van der Waals surface area contributed by atoms with Crippen LogP contribution in [0.5, 0.6) is 0 Å². The van der Waals surface area contributed by atoms with Crippen LogP contribution in [0, 0.1) is 12.7 Å². The summed E-state index contributed by atoms with van der Waals surface area (Å²) in [7, 11) is -3.54. The largest absolute Gasteiger partial charge is 0.239 e. The van der Waals surface area contributed by atoms with E-state index in [1.807, 2.05) is 0 Å². The average molecular weight is 189 g/mol. The van der Waals surface area contributed by atoms with Gasteiger partial charge in [-0.15, -0.1) is 0 Å². The van der Waals surface area contributed by atoms with Gasteiger partial charge in [0.05, 0.1) is 0 Å². The monoisotopic (exact) mass is 189 g/mol. The van der Waals surface area contributed by atoms with Crippen molar-refractivity contribution in [2.45, 2.75) is 11.9 Å². The fraction of sp³-hybridized carbons (Fsp3) is 0.286. The average Bonchev–Trinajstić information content (AvgIpc) is 1.92. The quantitative estimate of drug-likeness (QED) is 0.660. The lowest BCUT2D eigenvalue weighted by Crippen LogP contribution is -2.04. The summed E-state index contributed by atoms with van der Waals surface area (Å²) < 4.78 is 34.6. The van der Waals surface area contributed by atoms with Crippen LogP contribution in [-0.2, 0) is 9.84 Å². The van der Waals surface area contributed by atoms with Gasteiger partial charge in [0.2, 0.25) is 0 Å². The maximum atomic E-state index is 12.8. The first kappa shape index (κ1) is 9.12. The first-order valence-corrected chi connectivity index (χ1v) is 5.13. The highest BCUT2D eigenvalue weighted by atomic mass is 32.2. The molecule has 0 aliphatic heterocycles. The maximum absolute atomic E-state index is 12.8. The summed E-state index contributed by atoms with van der Waals surface area (Å²) in [4.78, 5) is 3.58. The van der Waals surface area contributed by atoms with Crippen LogP contribution in [0.15, 0.2) is 17.2 Å². The van der Waals surface area contributed by atoms with Gasteiger partial charge in [0, 0.05) is 11.9 Å². The molecule has 0 saturated carbocycles. The molecule has 3 nitrogen and oxygen atoms in total. The van der Waals surface area contributed by atoms with E-state index in [1.54, 1.807) is 6.92 Å². The number of halogens is 1. The molecule has 5 heteroatoms. The minimum absolute atomic E-state index is 0.483. The third-order valence-electron chi connectivity index (χ3n) is 1.30. The lowest BCUT2D eigenvalue weighted by molar-refractivity contribution is 0.555. The SMILES string of the molecule is Cc1ccc(F)c(S(C)(=O)=O)n1. The van der Waals surface area contributed by atoms with Crippen LogP contribution >= 0.6 is 0 Å². The van der Waals surface area contributed by atoms with Gasteiger partial charge in [-0.3, -0.25) is 0 Å². The second-order valence-corrected chi connectivity index (χ2v) is 4.44. The molecule has 1 aromatic heterocycles. The Morgan fingerprint density at radius 2 is 2.00 bits per heavy atom. The van der Waals surface area contributed by atoms with Gasteiger partial charge in [-0.2, -0.15) is 0 Å². The Morgan fingerprint density at radius 1 is 1.42 bits per heavy atom. The maximum Gasteiger partial charge on any atom is 0.195 e. The molecule has 12 heavy (non-hydrogen) atoms. The lowest BCUT2D eigenvalue weighted by Gasteiger charge is -1.99. The Kier molecular flexibility index (Phi) is 2.14. The standard InChI is InChI=1S/C7H8FNO2S/c1-5-3-4-6(8)7(9-5)12(2,10)11/h3-4H,1-2H3. The highest BCUT2D eigenvalue weighted by Gasteiger charge is 2.14. The number of hydrogen-bond donors (Lipinski definition) is 0. The van der Waals surface area contributed by atoms with E-state index < -0.39 is 20.7 Å². The molecule has 66 valence electrons. The molecule has 1 rings (SSSR count). The van der Waals surface area contributed by atoms with Crippen molar-refractivity contribution in [2.75, 3.05) is 6.26 Å². The Morgan fingerprint density at radius 3 is 2.42 bits per heavy atom. The molecule has 0 spiro atoms. The zero-order chi connectivity index (χ0) is 9.35. The van der Waals surface area contributed by atoms with Gasteiger partial charge in [0.15, 0.2) is 20.7 Å². The van der Waals surface area contributed by atoms with Gasteiger partial charge < -0.3 is 0 Å². The Balaban J connectivity index is 3.43. The lowest BCUT2D eigenvalue weighted by atomic mass is 10.4. The van der Waals surface area contributed by atoms with E-state index in [4.69, 9.17) is 0 Å². The molecule has 0 bridgehead atoms. The summed E-state index contributed by atoms with van der Waals surface area (Å²) in [5.41, 5.74) is 0.483. The molecule has 0 aliphatic carbocycles. The first-order chi connectivity index (χ1) is 5.41. The minimum Gasteiger partial charge on any atom is -0.239 e. The second-order valence-electron chi connectivity index (χ2n) is 2.51. The van der Waals surface area contributed by atoms with Crippen molar-refractivity contribution in [3.8, 4) is 0 Å². The number of rotatable bonds is 1. The Labute approximate surface area is 70.2 Å². The van der Waals surface area contributed by atoms with Crippen LogP contribution < -0.4 is 0 Å². The zero-order valence-electron chi connectivity index (χ0n) is 6.70. The van der Waals surface area contributed by atoms with Gasteiger partial charge in [-0.25, -0.2) is 17.8 Å². The van der Waals surface area contributed by atoms with E-state index in [-0.39, 0.29) is 0 Å². The predicted molar refractivity (Wildman–Crippen MR) is 42.0 cm³/mol. The van der Waals surface area contributed by atoms with E-state index in [9.17, 15) is 12.8 Å². The second kappa shape index (κ2) is 2.82. The van der Waals surface area contributed by atoms with Crippen molar-refractivity contribution in [3.05, 3.63) is 23.6 Å². The summed E-state index contributed by atoms with van der Waals surface area (Å²) in [6.45, 7) is 1.61. The fourth-order valence-corrected chi connectivity index (χ4v) is 1.51. The molecular formula is C7H8FNO2S. The number of aryl methyl sites for hydroxylation is 1. The first-order valence-electron chi connectivity index (χ1n) is 3.24. The normalized spacial score (nSPS) is 11.6. The molecule has 0 aromatic carbocycles. The van der Waals surface area contributed by atoms with E-state index in [2.05, 4.69) is 4.98 Å². The van der Waals surface area contributed by atoms with Crippen LogP contribution in [0.4, 0.5) is 4.39 Å². The summed E-state index contributed by atoms with van der Waals surface area (Å²) in [5, 5.41) is -0.484. The third-order valence-corrected chi connectivity index (χ3v) is 2.29. The molecular weight excluding hydrogens is 181 g/mol. The van der Waals surface area contributed by atoms with E-state index in [0.29, 0.717) is 5.69 Å². The van der Waals surface area contributed by atoms with E-state index in [1.165, 1.54) is 6.07 Å². The summed E-state index contributed by atoms with van der Waals surface area (Å²) in [6, 6.07) is 2.52. The van der Waals surface area contributed by atoms with Gasteiger partial charge in [0.1, 0.15) is 0 Å². The van der Waals surface area contributed by atoms with Gasteiger partial charge in [-0.1, -0.05) is 0 Å². The van der Waals surface area contributed by atoms with E-state index >= 15 is 0 Å². The topological polar surface area (TPSA) is 47.0 Å². The Hall–Kier alpha value is -0.970. The molecule has 0 atom stereocenters. The highest BCUT2D eigenvalue weighted by molar-refractivity contribution is 7.90. The number of sulfone groups is 1. The van der Waals surface area contributed by atoms with Crippen LogP contribution in [0.3, 0.4) is 0 Å². The van der Waals surface area contributed by atoms with E-state index in [0.717, 1.165) is 12.3 Å². The molecule has 0 unspecified atom stereocenters. The number of nitrogens with zero attached hydrogens (tertiary/aromatic N) is 1. The number of pyridine rings is 1. The van der Waals surface area contributed by atoms with Crippen molar-refractivity contribution in [1.82, 2.24) is 4.98 Å². The van der Waals surface area contributed by atoms with Crippen molar-refractivity contribution < 1.29 is 12.8 Å². The van der Waals surface area contributed by atoms with Crippen LogP contribution in [0.1, 0.15) is 5.69 Å². The minimum atomic E-state index is -3.54. The van der Waals surface area contributed by atoms with Gasteiger partial charge in [-0.05, 0) is 19.1 Å². The fourth-order valence-electron chi connectivity index (χ4n) is 0.776. The molecule has 0 radical (unpaired) electrons. The summed E-state index contributed by atoms with van der Waals surface area (Å²) in [6.07, 6.45) is 0.928. The number of hydrogen-bond acceptors (Lipinski definition) is 3. The smallest absolute Gasteiger partial charge is 0.195 e. The number of aromatic nitrogens is 1. The molecule has 0 fully saturated rings. The molecule has 0 aliphatic rings. The predicted octanol–water partition coefficient (Wildman–Crippen LogP) is 0.933. The van der Waals surface area contributed by atoms with Gasteiger partial charge >= 0.3 is 0 Å². The van der Waals surface area contributed by atoms with Crippen molar-refractivity contribution >= 4 is 9.84 Å². The molecule has 1 aromatic rings. The van der Waals surface area contributed by atoms with Crippen LogP contribution in [0.25, 0.3) is 0 Å². The summed E-state index contributed by atoms with van der Waals surface area (Å²) >= 11 is 0. The van der Waals surface area contributed by atoms with Crippen molar-refractivity contribution in [1.29, 1.82) is 0 Å².